The summed E-state index contributed by atoms with van der Waals surface area (Å²) in [6.45, 7) is 5.52. The maximum Gasteiger partial charge on any atom is 0.246 e. The summed E-state index contributed by atoms with van der Waals surface area (Å²) in [5.74, 6) is 0.0904. The highest BCUT2D eigenvalue weighted by molar-refractivity contribution is 5.95. The summed E-state index contributed by atoms with van der Waals surface area (Å²) in [5.41, 5.74) is 2.96. The molecule has 0 aromatic heterocycles. The lowest BCUT2D eigenvalue weighted by Gasteiger charge is -2.38. The van der Waals surface area contributed by atoms with E-state index in [-0.39, 0.29) is 17.9 Å². The van der Waals surface area contributed by atoms with Crippen LogP contribution in [0.25, 0.3) is 0 Å². The van der Waals surface area contributed by atoms with Crippen LogP contribution in [0, 0.1) is 6.92 Å². The van der Waals surface area contributed by atoms with Crippen molar-refractivity contribution in [2.24, 2.45) is 0 Å². The van der Waals surface area contributed by atoms with Crippen molar-refractivity contribution >= 4 is 17.5 Å². The second-order valence-corrected chi connectivity index (χ2v) is 8.32. The Balaban J connectivity index is 1.40. The molecule has 1 heterocycles. The Morgan fingerprint density at radius 1 is 0.967 bits per heavy atom. The first-order chi connectivity index (χ1) is 14.6. The van der Waals surface area contributed by atoms with Crippen LogP contribution in [-0.2, 0) is 9.59 Å². The van der Waals surface area contributed by atoms with Crippen LogP contribution in [0.3, 0.4) is 0 Å². The minimum atomic E-state index is -0.352. The van der Waals surface area contributed by atoms with Gasteiger partial charge in [0.05, 0.1) is 6.54 Å². The maximum absolute atomic E-state index is 13.3. The zero-order valence-electron chi connectivity index (χ0n) is 17.5. The van der Waals surface area contributed by atoms with E-state index >= 15 is 0 Å². The number of carbonyl (C=O) groups excluding carboxylic acids is 2. The Hall–Kier alpha value is -2.70. The Morgan fingerprint density at radius 3 is 2.27 bits per heavy atom. The van der Waals surface area contributed by atoms with Crippen molar-refractivity contribution in [2.45, 2.75) is 31.8 Å². The first-order valence-electron chi connectivity index (χ1n) is 10.8. The van der Waals surface area contributed by atoms with Crippen LogP contribution in [0.15, 0.2) is 54.6 Å². The van der Waals surface area contributed by atoms with Crippen LogP contribution in [0.2, 0.25) is 0 Å². The second kappa shape index (κ2) is 9.41. The molecule has 1 saturated heterocycles. The zero-order valence-corrected chi connectivity index (χ0v) is 17.5. The summed E-state index contributed by atoms with van der Waals surface area (Å²) >= 11 is 0. The average Bonchev–Trinajstić information content (AvgIpc) is 3.56. The zero-order chi connectivity index (χ0) is 20.9. The predicted molar refractivity (Wildman–Crippen MR) is 118 cm³/mol. The minimum Gasteiger partial charge on any atom is -0.352 e. The standard InChI is InChI=1S/C24H30N4O2/c1-18-7-9-21(10-8-18)26-24(30)23(19-5-3-2-4-6-19)28-15-13-27(14-16-28)17-22(29)25-20-11-12-20/h2-10,20,23H,11-17H2,1H3,(H,25,29)(H,26,30)/t23-/m1/s1. The molecular weight excluding hydrogens is 376 g/mol. The van der Waals surface area contributed by atoms with E-state index < -0.39 is 0 Å². The van der Waals surface area contributed by atoms with Gasteiger partial charge in [-0.15, -0.1) is 0 Å². The molecular formula is C24H30N4O2. The Labute approximate surface area is 178 Å². The van der Waals surface area contributed by atoms with E-state index in [1.54, 1.807) is 0 Å². The van der Waals surface area contributed by atoms with Crippen LogP contribution < -0.4 is 10.6 Å². The summed E-state index contributed by atoms with van der Waals surface area (Å²) in [7, 11) is 0. The number of nitrogens with one attached hydrogen (secondary N) is 2. The van der Waals surface area contributed by atoms with Gasteiger partial charge in [0.2, 0.25) is 11.8 Å². The van der Waals surface area contributed by atoms with Gasteiger partial charge in [0, 0.05) is 37.9 Å². The molecule has 0 radical (unpaired) electrons. The van der Waals surface area contributed by atoms with Crippen LogP contribution in [0.1, 0.15) is 30.0 Å². The minimum absolute atomic E-state index is 0.0232. The Kier molecular flexibility index (Phi) is 6.45. The number of aryl methyl sites for hydroxylation is 1. The first-order valence-corrected chi connectivity index (χ1v) is 10.8. The van der Waals surface area contributed by atoms with Crippen molar-refractivity contribution in [3.8, 4) is 0 Å². The molecule has 2 aromatic carbocycles. The number of benzene rings is 2. The predicted octanol–water partition coefficient (Wildman–Crippen LogP) is 2.57. The number of carbonyl (C=O) groups is 2. The molecule has 30 heavy (non-hydrogen) atoms. The molecule has 2 aromatic rings. The van der Waals surface area contributed by atoms with Gasteiger partial charge in [0.1, 0.15) is 6.04 Å². The fourth-order valence-corrected chi connectivity index (χ4v) is 3.89. The van der Waals surface area contributed by atoms with Gasteiger partial charge in [0.25, 0.3) is 0 Å². The molecule has 1 aliphatic carbocycles. The summed E-state index contributed by atoms with van der Waals surface area (Å²) in [4.78, 5) is 29.7. The van der Waals surface area contributed by atoms with E-state index in [4.69, 9.17) is 0 Å². The van der Waals surface area contributed by atoms with Crippen molar-refractivity contribution in [1.82, 2.24) is 15.1 Å². The number of hydrogen-bond acceptors (Lipinski definition) is 4. The fourth-order valence-electron chi connectivity index (χ4n) is 3.89. The molecule has 2 N–H and O–H groups in total. The molecule has 2 fully saturated rings. The largest absolute Gasteiger partial charge is 0.352 e. The number of nitrogens with zero attached hydrogens (tertiary/aromatic N) is 2. The lowest BCUT2D eigenvalue weighted by atomic mass is 10.0. The third-order valence-electron chi connectivity index (χ3n) is 5.76. The van der Waals surface area contributed by atoms with E-state index in [0.717, 1.165) is 55.8 Å². The summed E-state index contributed by atoms with van der Waals surface area (Å²) in [6.07, 6.45) is 2.21. The van der Waals surface area contributed by atoms with Crippen molar-refractivity contribution < 1.29 is 9.59 Å². The monoisotopic (exact) mass is 406 g/mol. The van der Waals surface area contributed by atoms with Crippen LogP contribution in [0.4, 0.5) is 5.69 Å². The van der Waals surface area contributed by atoms with Crippen LogP contribution in [0.5, 0.6) is 0 Å². The fraction of sp³-hybridized carbons (Fsp3) is 0.417. The summed E-state index contributed by atoms with van der Waals surface area (Å²) in [5, 5.41) is 6.13. The molecule has 6 heteroatoms. The average molecular weight is 407 g/mol. The third-order valence-corrected chi connectivity index (χ3v) is 5.76. The molecule has 158 valence electrons. The molecule has 1 aliphatic heterocycles. The quantitative estimate of drug-likeness (QED) is 0.742. The van der Waals surface area contributed by atoms with Crippen molar-refractivity contribution in [3.63, 3.8) is 0 Å². The third kappa shape index (κ3) is 5.46. The summed E-state index contributed by atoms with van der Waals surface area (Å²) in [6, 6.07) is 17.8. The lowest BCUT2D eigenvalue weighted by Crippen LogP contribution is -2.52. The molecule has 2 amide bonds. The molecule has 0 spiro atoms. The van der Waals surface area contributed by atoms with Gasteiger partial charge in [0.15, 0.2) is 0 Å². The lowest BCUT2D eigenvalue weighted by molar-refractivity contribution is -0.125. The highest BCUT2D eigenvalue weighted by Crippen LogP contribution is 2.24. The molecule has 0 bridgehead atoms. The highest BCUT2D eigenvalue weighted by Gasteiger charge is 2.31. The summed E-state index contributed by atoms with van der Waals surface area (Å²) < 4.78 is 0. The smallest absolute Gasteiger partial charge is 0.246 e. The van der Waals surface area contributed by atoms with Gasteiger partial charge in [-0.2, -0.15) is 0 Å². The topological polar surface area (TPSA) is 64.7 Å². The first kappa shape index (κ1) is 20.6. The van der Waals surface area contributed by atoms with E-state index in [1.165, 1.54) is 0 Å². The van der Waals surface area contributed by atoms with Gasteiger partial charge < -0.3 is 10.6 Å². The van der Waals surface area contributed by atoms with E-state index in [9.17, 15) is 9.59 Å². The molecule has 2 aliphatic rings. The van der Waals surface area contributed by atoms with Gasteiger partial charge in [-0.1, -0.05) is 48.0 Å². The van der Waals surface area contributed by atoms with Crippen molar-refractivity contribution in [1.29, 1.82) is 0 Å². The van der Waals surface area contributed by atoms with Crippen LogP contribution >= 0.6 is 0 Å². The van der Waals surface area contributed by atoms with Gasteiger partial charge in [-0.05, 0) is 37.5 Å². The molecule has 0 unspecified atom stereocenters. The molecule has 1 saturated carbocycles. The van der Waals surface area contributed by atoms with Crippen molar-refractivity contribution in [2.75, 3.05) is 38.0 Å². The SMILES string of the molecule is Cc1ccc(NC(=O)[C@@H](c2ccccc2)N2CCN(CC(=O)NC3CC3)CC2)cc1. The molecule has 6 nitrogen and oxygen atoms in total. The molecule has 1 atom stereocenters. The number of anilines is 1. The Morgan fingerprint density at radius 2 is 1.63 bits per heavy atom. The van der Waals surface area contributed by atoms with E-state index in [1.807, 2.05) is 61.5 Å². The number of rotatable bonds is 7. The van der Waals surface area contributed by atoms with Gasteiger partial charge in [-0.3, -0.25) is 19.4 Å². The van der Waals surface area contributed by atoms with Gasteiger partial charge in [-0.25, -0.2) is 0 Å². The van der Waals surface area contributed by atoms with E-state index in [2.05, 4.69) is 20.4 Å². The second-order valence-electron chi connectivity index (χ2n) is 8.32. The van der Waals surface area contributed by atoms with Crippen molar-refractivity contribution in [3.05, 3.63) is 65.7 Å². The van der Waals surface area contributed by atoms with E-state index in [0.29, 0.717) is 12.6 Å². The molecule has 4 rings (SSSR count). The van der Waals surface area contributed by atoms with Crippen LogP contribution in [-0.4, -0.2) is 60.4 Å². The number of amides is 2. The highest BCUT2D eigenvalue weighted by atomic mass is 16.2. The van der Waals surface area contributed by atoms with Gasteiger partial charge >= 0.3 is 0 Å². The Bertz CT molecular complexity index is 857. The normalized spacial score (nSPS) is 18.6. The number of hydrogen-bond donors (Lipinski definition) is 2. The maximum atomic E-state index is 13.3. The number of piperazine rings is 1.